The van der Waals surface area contributed by atoms with Crippen LogP contribution in [0.4, 0.5) is 0 Å². The van der Waals surface area contributed by atoms with Crippen molar-refractivity contribution < 1.29 is 43.3 Å². The molecule has 0 saturated carbocycles. The number of primary amides is 1. The first-order chi connectivity index (χ1) is 30.9. The van der Waals surface area contributed by atoms with E-state index in [1.54, 1.807) is 39.3 Å². The van der Waals surface area contributed by atoms with Crippen LogP contribution in [0.15, 0.2) is 54.7 Å². The van der Waals surface area contributed by atoms with Crippen LogP contribution in [0, 0.1) is 11.3 Å². The molecule has 5 N–H and O–H groups in total. The molecule has 7 rings (SSSR count). The first-order valence-corrected chi connectivity index (χ1v) is 22.6. The number of carbonyl (C=O) groups is 5. The van der Waals surface area contributed by atoms with E-state index in [9.17, 15) is 29.1 Å². The van der Waals surface area contributed by atoms with E-state index in [1.807, 2.05) is 25.1 Å². The van der Waals surface area contributed by atoms with Gasteiger partial charge in [-0.2, -0.15) is 0 Å². The molecular weight excluding hydrogens is 831 g/mol. The maximum Gasteiger partial charge on any atom is 0.324 e. The largest absolute Gasteiger partial charge is 0.508 e. The number of rotatable bonds is 10. The second kappa shape index (κ2) is 19.3. The van der Waals surface area contributed by atoms with Crippen LogP contribution in [0.25, 0.3) is 33.3 Å². The molecule has 0 aliphatic carbocycles. The first kappa shape index (κ1) is 47.1. The maximum atomic E-state index is 14.7. The number of nitrogens with one attached hydrogen (secondary N) is 2. The summed E-state index contributed by atoms with van der Waals surface area (Å²) in [5.74, 6) is -3.14. The molecule has 5 heterocycles. The highest BCUT2D eigenvalue weighted by Crippen LogP contribution is 2.42. The van der Waals surface area contributed by atoms with Crippen molar-refractivity contribution in [2.75, 3.05) is 27.3 Å². The second-order valence-corrected chi connectivity index (χ2v) is 18.8. The zero-order valence-electron chi connectivity index (χ0n) is 38.7. The normalized spacial score (nSPS) is 22.3. The molecule has 65 heavy (non-hydrogen) atoms. The number of nitrogens with two attached hydrogens (primary N) is 1. The zero-order valence-corrected chi connectivity index (χ0v) is 38.7. The Morgan fingerprint density at radius 1 is 1.06 bits per heavy atom. The van der Waals surface area contributed by atoms with E-state index < -0.39 is 71.3 Å². The SMILES string of the molecule is CCn1c(-c2cccnc2[C@H](C)OC)c2c3cc(ccc31)-c1cc(O)cc(c1)C[C@H](NC(=O)C(C(C)C)N(C)C(=O)[C@H]1CC[C@@H](C(N)=O)O1)C(=O)N1CCC[C@H](N1)C(=O)OCC(C)(C)C2. The van der Waals surface area contributed by atoms with E-state index in [4.69, 9.17) is 24.9 Å². The topological polar surface area (TPSA) is 208 Å². The third-order valence-electron chi connectivity index (χ3n) is 13.0. The summed E-state index contributed by atoms with van der Waals surface area (Å²) in [5, 5.41) is 16.6. The number of cyclic esters (lactones) is 1. The van der Waals surface area contributed by atoms with E-state index in [0.29, 0.717) is 36.9 Å². The number of esters is 1. The fraction of sp³-hybridized carbons (Fsp3) is 0.510. The van der Waals surface area contributed by atoms with Gasteiger partial charge < -0.3 is 39.8 Å². The van der Waals surface area contributed by atoms with Crippen molar-refractivity contribution in [1.29, 1.82) is 0 Å². The predicted octanol–water partition coefficient (Wildman–Crippen LogP) is 4.97. The number of aryl methyl sites for hydroxylation is 1. The third-order valence-corrected chi connectivity index (χ3v) is 13.0. The number of benzene rings is 2. The molecule has 6 atom stereocenters. The molecule has 0 radical (unpaired) electrons. The highest BCUT2D eigenvalue weighted by molar-refractivity contribution is 5.96. The summed E-state index contributed by atoms with van der Waals surface area (Å²) in [4.78, 5) is 74.6. The number of hydrazine groups is 1. The van der Waals surface area contributed by atoms with Crippen molar-refractivity contribution in [1.82, 2.24) is 30.2 Å². The van der Waals surface area contributed by atoms with E-state index in [-0.39, 0.29) is 44.3 Å². The smallest absolute Gasteiger partial charge is 0.324 e. The van der Waals surface area contributed by atoms with Gasteiger partial charge in [-0.3, -0.25) is 34.0 Å². The zero-order chi connectivity index (χ0) is 46.9. The van der Waals surface area contributed by atoms with Gasteiger partial charge in [0.2, 0.25) is 11.8 Å². The Labute approximate surface area is 380 Å². The van der Waals surface area contributed by atoms with E-state index in [2.05, 4.69) is 54.3 Å². The molecule has 16 heteroatoms. The Morgan fingerprint density at radius 3 is 2.51 bits per heavy atom. The number of likely N-dealkylation sites (N-methyl/N-ethyl adjacent to an activating group) is 1. The monoisotopic (exact) mass is 893 g/mol. The number of aromatic nitrogens is 2. The fourth-order valence-corrected chi connectivity index (χ4v) is 9.64. The van der Waals surface area contributed by atoms with Crippen molar-refractivity contribution >= 4 is 40.5 Å². The van der Waals surface area contributed by atoms with Crippen molar-refractivity contribution in [3.63, 3.8) is 0 Å². The summed E-state index contributed by atoms with van der Waals surface area (Å²) in [5.41, 5.74) is 14.9. The Kier molecular flexibility index (Phi) is 14.0. The molecule has 3 aliphatic heterocycles. The van der Waals surface area contributed by atoms with Crippen LogP contribution >= 0.6 is 0 Å². The second-order valence-electron chi connectivity index (χ2n) is 18.8. The molecule has 1 unspecified atom stereocenters. The molecule has 348 valence electrons. The summed E-state index contributed by atoms with van der Waals surface area (Å²) in [6, 6.07) is 12.3. The minimum atomic E-state index is -1.19. The number of pyridine rings is 1. The van der Waals surface area contributed by atoms with Crippen LogP contribution < -0.4 is 16.5 Å². The predicted molar refractivity (Wildman–Crippen MR) is 244 cm³/mol. The summed E-state index contributed by atoms with van der Waals surface area (Å²) >= 11 is 0. The number of ether oxygens (including phenoxy) is 3. The standard InChI is InChI=1S/C49H63N7O9/c1-9-55-38-15-14-30-24-34(38)35(43(55)33-12-10-18-51-41(33)28(4)63-8)25-49(5,6)26-64-48(62)36-13-11-19-56(53-36)46(60)37(22-29-20-31(30)23-32(57)21-29)52-45(59)42(27(2)3)54(7)47(61)40-17-16-39(65-40)44(50)58/h10,12,14-15,18,20-21,23-24,27-28,36-37,39-40,42,53,57H,9,11,13,16-17,19,22,25-26H2,1-8H3,(H2,50,58)(H,52,59)/t28-,36-,37-,39-,40+,42?/m0/s1. The van der Waals surface area contributed by atoms with Crippen molar-refractivity contribution in [3.05, 3.63) is 71.5 Å². The molecule has 4 amide bonds. The number of hydrogen-bond acceptors (Lipinski definition) is 11. The molecule has 0 spiro atoms. The lowest BCUT2D eigenvalue weighted by Gasteiger charge is -2.37. The summed E-state index contributed by atoms with van der Waals surface area (Å²) in [7, 11) is 3.17. The van der Waals surface area contributed by atoms with Gasteiger partial charge in [0.05, 0.1) is 24.1 Å². The van der Waals surface area contributed by atoms with Gasteiger partial charge in [0.15, 0.2) is 0 Å². The lowest BCUT2D eigenvalue weighted by Crippen LogP contribution is -2.62. The minimum absolute atomic E-state index is 0.0265. The number of hydrogen-bond donors (Lipinski definition) is 4. The summed E-state index contributed by atoms with van der Waals surface area (Å²) in [6.07, 6.45) is 1.61. The molecule has 3 aliphatic rings. The molecule has 2 aromatic carbocycles. The average Bonchev–Trinajstić information content (AvgIpc) is 3.90. The van der Waals surface area contributed by atoms with Crippen molar-refractivity contribution in [2.24, 2.45) is 17.1 Å². The van der Waals surface area contributed by atoms with E-state index >= 15 is 0 Å². The van der Waals surface area contributed by atoms with Gasteiger partial charge in [-0.25, -0.2) is 5.43 Å². The highest BCUT2D eigenvalue weighted by atomic mass is 16.5. The number of phenols is 1. The van der Waals surface area contributed by atoms with Crippen LogP contribution in [0.5, 0.6) is 5.75 Å². The van der Waals surface area contributed by atoms with Gasteiger partial charge in [-0.15, -0.1) is 0 Å². The van der Waals surface area contributed by atoms with Crippen LogP contribution in [0.3, 0.4) is 0 Å². The molecule has 4 aromatic rings. The van der Waals surface area contributed by atoms with Crippen LogP contribution in [-0.4, -0.2) is 112 Å². The molecule has 2 saturated heterocycles. The van der Waals surface area contributed by atoms with Gasteiger partial charge in [0.25, 0.3) is 11.8 Å². The Hall–Kier alpha value is -5.84. The van der Waals surface area contributed by atoms with Gasteiger partial charge in [-0.05, 0) is 111 Å². The number of phenolic OH excluding ortho intramolecular Hbond substituents is 1. The van der Waals surface area contributed by atoms with Crippen LogP contribution in [0.2, 0.25) is 0 Å². The van der Waals surface area contributed by atoms with Gasteiger partial charge in [0, 0.05) is 61.7 Å². The number of nitrogens with zero attached hydrogens (tertiary/aromatic N) is 4. The van der Waals surface area contributed by atoms with Crippen LogP contribution in [-0.2, 0) is 57.6 Å². The summed E-state index contributed by atoms with van der Waals surface area (Å²) < 4.78 is 19.8. The molecular formula is C49H63N7O9. The maximum absolute atomic E-state index is 14.7. The van der Waals surface area contributed by atoms with E-state index in [1.165, 1.54) is 17.0 Å². The third kappa shape index (κ3) is 9.89. The molecule has 16 nitrogen and oxygen atoms in total. The van der Waals surface area contributed by atoms with Gasteiger partial charge in [-0.1, -0.05) is 39.8 Å². The number of amides is 4. The fourth-order valence-electron chi connectivity index (χ4n) is 9.64. The lowest BCUT2D eigenvalue weighted by atomic mass is 9.84. The first-order valence-electron chi connectivity index (χ1n) is 22.6. The molecule has 2 fully saturated rings. The number of methoxy groups -OCH3 is 1. The number of fused-ring (bicyclic) bond motifs is 6. The Morgan fingerprint density at radius 2 is 1.82 bits per heavy atom. The van der Waals surface area contributed by atoms with Crippen molar-refractivity contribution in [3.8, 4) is 28.1 Å². The Bertz CT molecular complexity index is 2460. The lowest BCUT2D eigenvalue weighted by molar-refractivity contribution is -0.155. The molecule has 6 bridgehead atoms. The van der Waals surface area contributed by atoms with Crippen LogP contribution in [0.1, 0.15) is 90.2 Å². The van der Waals surface area contributed by atoms with Crippen molar-refractivity contribution in [2.45, 2.75) is 123 Å². The van der Waals surface area contributed by atoms with Gasteiger partial charge >= 0.3 is 5.97 Å². The highest BCUT2D eigenvalue weighted by Gasteiger charge is 2.41. The minimum Gasteiger partial charge on any atom is -0.508 e. The molecule has 2 aromatic heterocycles. The Balaban J connectivity index is 1.32. The average molecular weight is 894 g/mol. The number of carbonyl (C=O) groups excluding carboxylic acids is 5. The quantitative estimate of drug-likeness (QED) is 0.156. The van der Waals surface area contributed by atoms with E-state index in [0.717, 1.165) is 39.0 Å². The summed E-state index contributed by atoms with van der Waals surface area (Å²) in [6.45, 7) is 12.8. The van der Waals surface area contributed by atoms with Gasteiger partial charge in [0.1, 0.15) is 36.1 Å². The number of aromatic hydroxyl groups is 1.